The zero-order valence-corrected chi connectivity index (χ0v) is 23.9. The van der Waals surface area contributed by atoms with Crippen molar-refractivity contribution < 1.29 is 0 Å². The summed E-state index contributed by atoms with van der Waals surface area (Å²) in [5.74, 6) is 0.509. The normalized spacial score (nSPS) is 15.6. The van der Waals surface area contributed by atoms with Gasteiger partial charge in [0.05, 0.1) is 0 Å². The van der Waals surface area contributed by atoms with Crippen molar-refractivity contribution in [3.63, 3.8) is 0 Å². The summed E-state index contributed by atoms with van der Waals surface area (Å²) >= 11 is 0. The molecule has 0 saturated carbocycles. The fraction of sp³-hybridized carbons (Fsp3) is 0.316. The molecule has 0 aromatic heterocycles. The van der Waals surface area contributed by atoms with E-state index < -0.39 is 0 Å². The average Bonchev–Trinajstić information content (AvgIpc) is 3.14. The number of aryl methyl sites for hydroxylation is 2. The zero-order chi connectivity index (χ0) is 26.6. The predicted molar refractivity (Wildman–Crippen MR) is 164 cm³/mol. The second-order valence-corrected chi connectivity index (χ2v) is 12.1. The van der Waals surface area contributed by atoms with Crippen LogP contribution in [0.15, 0.2) is 72.8 Å². The molecule has 1 unspecified atom stereocenters. The number of hydrogen-bond donors (Lipinski definition) is 0. The highest BCUT2D eigenvalue weighted by molar-refractivity contribution is 5.89. The van der Waals surface area contributed by atoms with Crippen LogP contribution in [0.25, 0.3) is 28.3 Å². The van der Waals surface area contributed by atoms with E-state index in [9.17, 15) is 0 Å². The molecule has 0 N–H and O–H groups in total. The Morgan fingerprint density at radius 2 is 1.61 bits per heavy atom. The van der Waals surface area contributed by atoms with Crippen LogP contribution >= 0.6 is 0 Å². The highest BCUT2D eigenvalue weighted by Crippen LogP contribution is 2.53. The van der Waals surface area contributed by atoms with E-state index in [4.69, 9.17) is 0 Å². The Kier molecular flexibility index (Phi) is 6.18. The second-order valence-electron chi connectivity index (χ2n) is 12.1. The number of hydrogen-bond acceptors (Lipinski definition) is 0. The number of rotatable bonds is 5. The van der Waals surface area contributed by atoms with Gasteiger partial charge in [0.15, 0.2) is 0 Å². The summed E-state index contributed by atoms with van der Waals surface area (Å²) in [6, 6.07) is 25.5. The molecule has 0 aliphatic heterocycles. The number of fused-ring (bicyclic) bond motifs is 5. The minimum Gasteiger partial charge on any atom is -0.0836 e. The lowest BCUT2D eigenvalue weighted by Gasteiger charge is -2.27. The summed E-state index contributed by atoms with van der Waals surface area (Å²) in [7, 11) is 0. The fourth-order valence-corrected chi connectivity index (χ4v) is 7.06. The first-order chi connectivity index (χ1) is 18.3. The van der Waals surface area contributed by atoms with E-state index in [0.717, 1.165) is 25.7 Å². The Morgan fingerprint density at radius 1 is 0.816 bits per heavy atom. The monoisotopic (exact) mass is 496 g/mol. The minimum atomic E-state index is 0.00823. The Balaban J connectivity index is 1.55. The van der Waals surface area contributed by atoms with E-state index in [2.05, 4.69) is 120 Å². The molecule has 0 amide bonds. The lowest BCUT2D eigenvalue weighted by atomic mass is 9.77. The summed E-state index contributed by atoms with van der Waals surface area (Å²) in [6.45, 7) is 14.0. The van der Waals surface area contributed by atoms with Crippen LogP contribution in [0.5, 0.6) is 0 Å². The van der Waals surface area contributed by atoms with Gasteiger partial charge in [-0.2, -0.15) is 0 Å². The molecule has 0 nitrogen and oxygen atoms in total. The van der Waals surface area contributed by atoms with Crippen molar-refractivity contribution in [2.75, 3.05) is 0 Å². The number of benzene rings is 4. The third-order valence-corrected chi connectivity index (χ3v) is 9.32. The Morgan fingerprint density at radius 3 is 2.39 bits per heavy atom. The van der Waals surface area contributed by atoms with Crippen molar-refractivity contribution in [3.05, 3.63) is 123 Å². The summed E-state index contributed by atoms with van der Waals surface area (Å²) in [4.78, 5) is 0. The molecular formula is C38H40. The molecule has 6 rings (SSSR count). The van der Waals surface area contributed by atoms with E-state index in [-0.39, 0.29) is 5.41 Å². The molecule has 0 fully saturated rings. The molecule has 0 heterocycles. The average molecular weight is 497 g/mol. The maximum atomic E-state index is 2.59. The van der Waals surface area contributed by atoms with Gasteiger partial charge in [0.1, 0.15) is 0 Å². The standard InChI is InChI=1S/C38H40/c1-7-25(3)36-27(14-12-18-31(36)29-15-9-8-13-26(29)4)22-28-23-35-37(32-17-11-10-16-30(28)32)33-20-19-24(2)21-34(33)38(35,5)6/h8-9,11-15,17-21,23,25H,7,10,16,22H2,1-6H3. The quantitative estimate of drug-likeness (QED) is 0.258. The summed E-state index contributed by atoms with van der Waals surface area (Å²) in [6.07, 6.45) is 9.20. The highest BCUT2D eigenvalue weighted by Gasteiger charge is 2.38. The molecule has 0 spiro atoms. The molecule has 0 radical (unpaired) electrons. The van der Waals surface area contributed by atoms with Gasteiger partial charge >= 0.3 is 0 Å². The summed E-state index contributed by atoms with van der Waals surface area (Å²) < 4.78 is 0. The van der Waals surface area contributed by atoms with E-state index in [1.807, 2.05) is 0 Å². The molecule has 0 bridgehead atoms. The molecule has 2 aliphatic rings. The van der Waals surface area contributed by atoms with Crippen molar-refractivity contribution in [1.82, 2.24) is 0 Å². The molecular weight excluding hydrogens is 456 g/mol. The molecule has 192 valence electrons. The van der Waals surface area contributed by atoms with Crippen LogP contribution < -0.4 is 0 Å². The minimum absolute atomic E-state index is 0.00823. The molecule has 2 aliphatic carbocycles. The maximum absolute atomic E-state index is 2.59. The molecule has 4 aromatic carbocycles. The molecule has 4 aromatic rings. The zero-order valence-electron chi connectivity index (χ0n) is 23.9. The summed E-state index contributed by atoms with van der Waals surface area (Å²) in [5, 5.41) is 0. The van der Waals surface area contributed by atoms with Crippen molar-refractivity contribution in [2.24, 2.45) is 0 Å². The highest BCUT2D eigenvalue weighted by atomic mass is 14.4. The SMILES string of the molecule is CCC(C)c1c(Cc2cc3c(c4c2CCC=C4)-c2ccc(C)cc2C3(C)C)cccc1-c1ccccc1C. The van der Waals surface area contributed by atoms with Crippen LogP contribution in [-0.2, 0) is 18.3 Å². The van der Waals surface area contributed by atoms with E-state index >= 15 is 0 Å². The van der Waals surface area contributed by atoms with Gasteiger partial charge in [-0.05, 0) is 112 Å². The van der Waals surface area contributed by atoms with Crippen molar-refractivity contribution in [2.45, 2.75) is 78.6 Å². The third-order valence-electron chi connectivity index (χ3n) is 9.32. The van der Waals surface area contributed by atoms with Crippen LogP contribution in [0.2, 0.25) is 0 Å². The van der Waals surface area contributed by atoms with E-state index in [1.54, 1.807) is 5.56 Å². The first-order valence-corrected chi connectivity index (χ1v) is 14.5. The van der Waals surface area contributed by atoms with Crippen molar-refractivity contribution >= 4 is 6.08 Å². The Hall–Kier alpha value is -3.38. The topological polar surface area (TPSA) is 0 Å². The van der Waals surface area contributed by atoms with Gasteiger partial charge in [0, 0.05) is 5.41 Å². The van der Waals surface area contributed by atoms with E-state index in [1.165, 1.54) is 66.8 Å². The first kappa shape index (κ1) is 24.9. The first-order valence-electron chi connectivity index (χ1n) is 14.5. The van der Waals surface area contributed by atoms with Crippen LogP contribution in [-0.4, -0.2) is 0 Å². The maximum Gasteiger partial charge on any atom is 0.0159 e. The van der Waals surface area contributed by atoms with Crippen molar-refractivity contribution in [3.8, 4) is 22.3 Å². The molecule has 0 heteroatoms. The van der Waals surface area contributed by atoms with Gasteiger partial charge in [0.25, 0.3) is 0 Å². The van der Waals surface area contributed by atoms with Gasteiger partial charge in [-0.15, -0.1) is 0 Å². The van der Waals surface area contributed by atoms with Gasteiger partial charge in [-0.3, -0.25) is 0 Å². The lowest BCUT2D eigenvalue weighted by Crippen LogP contribution is -2.17. The summed E-state index contributed by atoms with van der Waals surface area (Å²) in [5.41, 5.74) is 19.0. The van der Waals surface area contributed by atoms with Crippen LogP contribution in [0.1, 0.15) is 96.5 Å². The van der Waals surface area contributed by atoms with Gasteiger partial charge < -0.3 is 0 Å². The van der Waals surface area contributed by atoms with Crippen LogP contribution in [0, 0.1) is 13.8 Å². The third kappa shape index (κ3) is 3.89. The molecule has 38 heavy (non-hydrogen) atoms. The second kappa shape index (κ2) is 9.42. The van der Waals surface area contributed by atoms with Gasteiger partial charge in [-0.1, -0.05) is 112 Å². The molecule has 1 atom stereocenters. The molecule has 0 saturated heterocycles. The Labute approximate surface area is 229 Å². The van der Waals surface area contributed by atoms with Gasteiger partial charge in [-0.25, -0.2) is 0 Å². The lowest BCUT2D eigenvalue weighted by molar-refractivity contribution is 0.658. The van der Waals surface area contributed by atoms with E-state index in [0.29, 0.717) is 5.92 Å². The largest absolute Gasteiger partial charge is 0.0836 e. The van der Waals surface area contributed by atoms with Crippen LogP contribution in [0.4, 0.5) is 0 Å². The smallest absolute Gasteiger partial charge is 0.0159 e. The predicted octanol–water partition coefficient (Wildman–Crippen LogP) is 10.3. The van der Waals surface area contributed by atoms with Crippen molar-refractivity contribution in [1.29, 1.82) is 0 Å². The van der Waals surface area contributed by atoms with Crippen LogP contribution in [0.3, 0.4) is 0 Å². The number of allylic oxidation sites excluding steroid dienone is 1. The Bertz CT molecular complexity index is 1580. The van der Waals surface area contributed by atoms with Gasteiger partial charge in [0.2, 0.25) is 0 Å². The fourth-order valence-electron chi connectivity index (χ4n) is 7.06.